The van der Waals surface area contributed by atoms with Gasteiger partial charge in [-0.3, -0.25) is 0 Å². The summed E-state index contributed by atoms with van der Waals surface area (Å²) in [6.07, 6.45) is 3.90. The quantitative estimate of drug-likeness (QED) is 0.707. The summed E-state index contributed by atoms with van der Waals surface area (Å²) in [4.78, 5) is 0.295. The number of sulfonamides is 1. The molecular formula is C11H14Br2N2O2S2. The number of rotatable bonds is 5. The second kappa shape index (κ2) is 6.82. The maximum Gasteiger partial charge on any atom is 0.242 e. The van der Waals surface area contributed by atoms with E-state index in [1.807, 2.05) is 0 Å². The van der Waals surface area contributed by atoms with E-state index in [0.29, 0.717) is 15.2 Å². The Balaban J connectivity index is 1.94. The molecule has 2 rings (SSSR count). The zero-order valence-corrected chi connectivity index (χ0v) is 14.9. The van der Waals surface area contributed by atoms with Gasteiger partial charge in [0.15, 0.2) is 0 Å². The first kappa shape index (κ1) is 15.7. The predicted molar refractivity (Wildman–Crippen MR) is 85.1 cm³/mol. The maximum absolute atomic E-state index is 12.1. The van der Waals surface area contributed by atoms with Crippen LogP contribution in [0.3, 0.4) is 0 Å². The van der Waals surface area contributed by atoms with Crippen LogP contribution in [0.15, 0.2) is 30.2 Å². The van der Waals surface area contributed by atoms with Crippen molar-refractivity contribution in [2.75, 3.05) is 19.6 Å². The molecule has 0 saturated carbocycles. The smallest absolute Gasteiger partial charge is 0.242 e. The largest absolute Gasteiger partial charge is 0.313 e. The van der Waals surface area contributed by atoms with Gasteiger partial charge in [-0.05, 0) is 57.3 Å². The summed E-state index contributed by atoms with van der Waals surface area (Å²) in [5.41, 5.74) is 1.31. The fourth-order valence-corrected chi connectivity index (χ4v) is 6.67. The molecule has 4 nitrogen and oxygen atoms in total. The molecule has 2 heterocycles. The molecule has 0 radical (unpaired) electrons. The van der Waals surface area contributed by atoms with Crippen molar-refractivity contribution in [1.82, 2.24) is 10.0 Å². The topological polar surface area (TPSA) is 58.2 Å². The highest BCUT2D eigenvalue weighted by molar-refractivity contribution is 9.12. The van der Waals surface area contributed by atoms with Crippen molar-refractivity contribution < 1.29 is 8.42 Å². The molecule has 0 aliphatic carbocycles. The first-order valence-electron chi connectivity index (χ1n) is 5.82. The Bertz CT molecular complexity index is 582. The molecular weight excluding hydrogens is 416 g/mol. The van der Waals surface area contributed by atoms with Crippen LogP contribution in [-0.2, 0) is 10.0 Å². The normalized spacial score (nSPS) is 16.4. The molecule has 19 heavy (non-hydrogen) atoms. The van der Waals surface area contributed by atoms with E-state index in [0.717, 1.165) is 29.7 Å². The summed E-state index contributed by atoms with van der Waals surface area (Å²) in [6.45, 7) is 2.29. The first-order chi connectivity index (χ1) is 8.99. The molecule has 8 heteroatoms. The van der Waals surface area contributed by atoms with E-state index >= 15 is 0 Å². The maximum atomic E-state index is 12.1. The van der Waals surface area contributed by atoms with Crippen molar-refractivity contribution in [2.45, 2.75) is 17.7 Å². The Hall–Kier alpha value is 0.270. The summed E-state index contributed by atoms with van der Waals surface area (Å²) in [7, 11) is -3.43. The minimum atomic E-state index is -3.43. The van der Waals surface area contributed by atoms with Crippen LogP contribution >= 0.6 is 43.2 Å². The second-order valence-electron chi connectivity index (χ2n) is 4.15. The van der Waals surface area contributed by atoms with E-state index in [2.05, 4.69) is 48.0 Å². The fraction of sp³-hybridized carbons (Fsp3) is 0.455. The highest BCUT2D eigenvalue weighted by Gasteiger charge is 2.20. The van der Waals surface area contributed by atoms with Gasteiger partial charge in [-0.15, -0.1) is 11.3 Å². The van der Waals surface area contributed by atoms with Crippen LogP contribution in [-0.4, -0.2) is 28.1 Å². The minimum absolute atomic E-state index is 0.295. The van der Waals surface area contributed by atoms with Crippen molar-refractivity contribution in [3.8, 4) is 0 Å². The van der Waals surface area contributed by atoms with Crippen LogP contribution in [0.4, 0.5) is 0 Å². The molecule has 1 aromatic heterocycles. The van der Waals surface area contributed by atoms with Gasteiger partial charge in [-0.2, -0.15) is 0 Å². The lowest BCUT2D eigenvalue weighted by Crippen LogP contribution is -2.26. The monoisotopic (exact) mass is 428 g/mol. The Morgan fingerprint density at radius 3 is 2.79 bits per heavy atom. The zero-order valence-electron chi connectivity index (χ0n) is 10.1. The summed E-state index contributed by atoms with van der Waals surface area (Å²) in [6, 6.07) is 1.61. The van der Waals surface area contributed by atoms with Gasteiger partial charge in [-0.1, -0.05) is 11.6 Å². The van der Waals surface area contributed by atoms with Crippen molar-refractivity contribution in [1.29, 1.82) is 0 Å². The molecule has 1 aliphatic rings. The molecule has 2 N–H and O–H groups in total. The third-order valence-corrected chi connectivity index (χ3v) is 7.03. The number of halogens is 2. The number of thiophene rings is 1. The molecule has 106 valence electrons. The lowest BCUT2D eigenvalue weighted by atomic mass is 10.1. The fourth-order valence-electron chi connectivity index (χ4n) is 1.83. The van der Waals surface area contributed by atoms with Crippen LogP contribution < -0.4 is 10.0 Å². The number of nitrogens with one attached hydrogen (secondary N) is 2. The molecule has 0 amide bonds. The third-order valence-electron chi connectivity index (χ3n) is 2.81. The van der Waals surface area contributed by atoms with Gasteiger partial charge in [-0.25, -0.2) is 13.1 Å². The molecule has 1 aliphatic heterocycles. The van der Waals surface area contributed by atoms with Crippen LogP contribution in [0.2, 0.25) is 0 Å². The van der Waals surface area contributed by atoms with E-state index in [1.54, 1.807) is 6.07 Å². The summed E-state index contributed by atoms with van der Waals surface area (Å²) in [5, 5.41) is 3.23. The van der Waals surface area contributed by atoms with Gasteiger partial charge < -0.3 is 5.32 Å². The Labute approximate surface area is 134 Å². The van der Waals surface area contributed by atoms with E-state index in [-0.39, 0.29) is 0 Å². The third kappa shape index (κ3) is 4.37. The van der Waals surface area contributed by atoms with Gasteiger partial charge in [0.1, 0.15) is 4.90 Å². The molecule has 0 unspecified atom stereocenters. The van der Waals surface area contributed by atoms with Gasteiger partial charge >= 0.3 is 0 Å². The SMILES string of the molecule is O=S(=O)(NCCC1=CCNCC1)c1cc(Br)sc1Br. The lowest BCUT2D eigenvalue weighted by molar-refractivity contribution is 0.579. The number of hydrogen-bond acceptors (Lipinski definition) is 4. The molecule has 0 spiro atoms. The molecule has 0 atom stereocenters. The van der Waals surface area contributed by atoms with Gasteiger partial charge in [0.25, 0.3) is 0 Å². The molecule has 0 bridgehead atoms. The number of hydrogen-bond donors (Lipinski definition) is 2. The van der Waals surface area contributed by atoms with E-state index in [9.17, 15) is 8.42 Å². The van der Waals surface area contributed by atoms with Gasteiger partial charge in [0.2, 0.25) is 10.0 Å². The van der Waals surface area contributed by atoms with Crippen molar-refractivity contribution in [3.05, 3.63) is 25.3 Å². The van der Waals surface area contributed by atoms with Gasteiger partial charge in [0.05, 0.1) is 7.57 Å². The lowest BCUT2D eigenvalue weighted by Gasteiger charge is -2.14. The van der Waals surface area contributed by atoms with Crippen molar-refractivity contribution >= 4 is 53.2 Å². The van der Waals surface area contributed by atoms with Crippen LogP contribution in [0, 0.1) is 0 Å². The van der Waals surface area contributed by atoms with Crippen LogP contribution in [0.5, 0.6) is 0 Å². The predicted octanol–water partition coefficient (Wildman–Crippen LogP) is 2.86. The van der Waals surface area contributed by atoms with Crippen molar-refractivity contribution in [3.63, 3.8) is 0 Å². The second-order valence-corrected chi connectivity index (χ2v) is 9.64. The Morgan fingerprint density at radius 1 is 1.42 bits per heavy atom. The molecule has 1 aromatic rings. The standard InChI is InChI=1S/C11H14Br2N2O2S2/c12-10-7-9(11(13)18-10)19(16,17)15-6-3-8-1-4-14-5-2-8/h1,7,14-15H,2-6H2. The first-order valence-corrected chi connectivity index (χ1v) is 9.71. The molecule has 0 saturated heterocycles. The van der Waals surface area contributed by atoms with Crippen LogP contribution in [0.25, 0.3) is 0 Å². The minimum Gasteiger partial charge on any atom is -0.313 e. The zero-order chi connectivity index (χ0) is 13.9. The summed E-state index contributed by atoms with van der Waals surface area (Å²) in [5.74, 6) is 0. The average molecular weight is 430 g/mol. The van der Waals surface area contributed by atoms with E-state index < -0.39 is 10.0 Å². The molecule has 0 fully saturated rings. The van der Waals surface area contributed by atoms with Crippen molar-refractivity contribution in [2.24, 2.45) is 0 Å². The van der Waals surface area contributed by atoms with Crippen LogP contribution in [0.1, 0.15) is 12.8 Å². The summed E-state index contributed by atoms with van der Waals surface area (Å²) < 4.78 is 28.3. The summed E-state index contributed by atoms with van der Waals surface area (Å²) >= 11 is 7.91. The highest BCUT2D eigenvalue weighted by atomic mass is 79.9. The average Bonchev–Trinajstić information content (AvgIpc) is 2.70. The molecule has 0 aromatic carbocycles. The van der Waals surface area contributed by atoms with Gasteiger partial charge in [0, 0.05) is 13.1 Å². The highest BCUT2D eigenvalue weighted by Crippen LogP contribution is 2.34. The Kier molecular flexibility index (Phi) is 5.62. The van der Waals surface area contributed by atoms with E-state index in [4.69, 9.17) is 0 Å². The van der Waals surface area contributed by atoms with E-state index in [1.165, 1.54) is 16.9 Å². The Morgan fingerprint density at radius 2 is 2.21 bits per heavy atom.